The van der Waals surface area contributed by atoms with Gasteiger partial charge in [0.2, 0.25) is 5.78 Å². The van der Waals surface area contributed by atoms with Crippen LogP contribution in [0.5, 0.6) is 0 Å². The molecule has 0 aliphatic carbocycles. The minimum Gasteiger partial charge on any atom is -0.460 e. The molecule has 0 aromatic rings. The van der Waals surface area contributed by atoms with Crippen molar-refractivity contribution >= 4 is 11.8 Å². The normalized spacial score (nSPS) is 10.0. The number of hydrogen-bond acceptors (Lipinski definition) is 4. The number of esters is 1. The lowest BCUT2D eigenvalue weighted by molar-refractivity contribution is -0.153. The van der Waals surface area contributed by atoms with Crippen LogP contribution < -0.4 is 5.73 Å². The van der Waals surface area contributed by atoms with Gasteiger partial charge in [-0.05, 0) is 26.3 Å². The molecule has 15 heavy (non-hydrogen) atoms. The lowest BCUT2D eigenvalue weighted by Crippen LogP contribution is -2.16. The van der Waals surface area contributed by atoms with Crippen molar-refractivity contribution in [2.75, 3.05) is 13.2 Å². The van der Waals surface area contributed by atoms with Crippen LogP contribution >= 0.6 is 0 Å². The van der Waals surface area contributed by atoms with Crippen molar-refractivity contribution in [1.82, 2.24) is 0 Å². The van der Waals surface area contributed by atoms with E-state index in [0.717, 1.165) is 38.6 Å². The highest BCUT2D eigenvalue weighted by Gasteiger charge is 2.13. The van der Waals surface area contributed by atoms with Crippen molar-refractivity contribution in [3.8, 4) is 0 Å². The topological polar surface area (TPSA) is 69.4 Å². The van der Waals surface area contributed by atoms with Crippen LogP contribution in [-0.2, 0) is 14.3 Å². The van der Waals surface area contributed by atoms with Crippen molar-refractivity contribution in [1.29, 1.82) is 0 Å². The number of carbonyl (C=O) groups excluding carboxylic acids is 2. The fraction of sp³-hybridized carbons (Fsp3) is 0.818. The molecule has 0 rings (SSSR count). The van der Waals surface area contributed by atoms with Crippen molar-refractivity contribution < 1.29 is 14.3 Å². The number of rotatable bonds is 9. The molecule has 0 aromatic heterocycles. The molecule has 4 nitrogen and oxygen atoms in total. The second kappa shape index (κ2) is 9.65. The van der Waals surface area contributed by atoms with Crippen LogP contribution in [0, 0.1) is 0 Å². The predicted octanol–water partition coefficient (Wildman–Crippen LogP) is 1.42. The number of ketones is 1. The Morgan fingerprint density at radius 3 is 2.27 bits per heavy atom. The summed E-state index contributed by atoms with van der Waals surface area (Å²) in [5.41, 5.74) is 5.35. The summed E-state index contributed by atoms with van der Waals surface area (Å²) < 4.78 is 4.59. The van der Waals surface area contributed by atoms with Crippen LogP contribution in [0.3, 0.4) is 0 Å². The summed E-state index contributed by atoms with van der Waals surface area (Å²) in [5, 5.41) is 0. The monoisotopic (exact) mass is 215 g/mol. The standard InChI is InChI=1S/C11H21NO3/c1-2-15-11(14)10(13)8-6-4-3-5-7-9-12/h2-9,12H2,1H3. The van der Waals surface area contributed by atoms with Crippen LogP contribution in [0.25, 0.3) is 0 Å². The van der Waals surface area contributed by atoms with Crippen LogP contribution in [0.2, 0.25) is 0 Å². The highest BCUT2D eigenvalue weighted by atomic mass is 16.5. The Kier molecular flexibility index (Phi) is 9.07. The average molecular weight is 215 g/mol. The third kappa shape index (κ3) is 8.12. The van der Waals surface area contributed by atoms with E-state index in [0.29, 0.717) is 6.42 Å². The van der Waals surface area contributed by atoms with Gasteiger partial charge in [0, 0.05) is 6.42 Å². The maximum Gasteiger partial charge on any atom is 0.374 e. The molecule has 0 fully saturated rings. The fourth-order valence-electron chi connectivity index (χ4n) is 1.27. The Bertz CT molecular complexity index is 192. The molecule has 0 unspecified atom stereocenters. The molecule has 0 saturated carbocycles. The molecule has 0 spiro atoms. The highest BCUT2D eigenvalue weighted by molar-refractivity contribution is 6.33. The summed E-state index contributed by atoms with van der Waals surface area (Å²) in [6, 6.07) is 0. The molecule has 88 valence electrons. The van der Waals surface area contributed by atoms with Gasteiger partial charge in [0.05, 0.1) is 6.61 Å². The Morgan fingerprint density at radius 2 is 1.67 bits per heavy atom. The molecular weight excluding hydrogens is 194 g/mol. The molecule has 4 heteroatoms. The molecule has 0 amide bonds. The lowest BCUT2D eigenvalue weighted by Gasteiger charge is -2.01. The highest BCUT2D eigenvalue weighted by Crippen LogP contribution is 2.05. The molecule has 0 heterocycles. The van der Waals surface area contributed by atoms with Crippen LogP contribution in [0.1, 0.15) is 45.4 Å². The third-order valence-electron chi connectivity index (χ3n) is 2.11. The van der Waals surface area contributed by atoms with Crippen molar-refractivity contribution in [3.05, 3.63) is 0 Å². The van der Waals surface area contributed by atoms with E-state index in [2.05, 4.69) is 4.74 Å². The van der Waals surface area contributed by atoms with E-state index in [1.165, 1.54) is 0 Å². The van der Waals surface area contributed by atoms with E-state index < -0.39 is 11.8 Å². The van der Waals surface area contributed by atoms with Gasteiger partial charge in [0.1, 0.15) is 0 Å². The van der Waals surface area contributed by atoms with Gasteiger partial charge < -0.3 is 10.5 Å². The first-order chi connectivity index (χ1) is 7.22. The van der Waals surface area contributed by atoms with E-state index in [9.17, 15) is 9.59 Å². The van der Waals surface area contributed by atoms with E-state index in [-0.39, 0.29) is 6.61 Å². The maximum absolute atomic E-state index is 11.1. The number of ether oxygens (including phenoxy) is 1. The number of unbranched alkanes of at least 4 members (excludes halogenated alkanes) is 4. The maximum atomic E-state index is 11.1. The van der Waals surface area contributed by atoms with Crippen LogP contribution in [0.15, 0.2) is 0 Å². The summed E-state index contributed by atoms with van der Waals surface area (Å²) in [5.74, 6) is -1.10. The molecule has 0 aliphatic rings. The molecule has 0 atom stereocenters. The second-order valence-corrected chi connectivity index (χ2v) is 3.45. The predicted molar refractivity (Wildman–Crippen MR) is 58.4 cm³/mol. The lowest BCUT2D eigenvalue weighted by atomic mass is 10.1. The fourth-order valence-corrected chi connectivity index (χ4v) is 1.27. The third-order valence-corrected chi connectivity index (χ3v) is 2.11. The number of carbonyl (C=O) groups is 2. The van der Waals surface area contributed by atoms with Gasteiger partial charge in [-0.1, -0.05) is 19.3 Å². The van der Waals surface area contributed by atoms with Crippen LogP contribution in [-0.4, -0.2) is 24.9 Å². The molecule has 0 aromatic carbocycles. The number of Topliss-reactive ketones (excluding diaryl/α,β-unsaturated/α-hetero) is 1. The summed E-state index contributed by atoms with van der Waals surface area (Å²) in [7, 11) is 0. The smallest absolute Gasteiger partial charge is 0.374 e. The molecule has 0 radical (unpaired) electrons. The van der Waals surface area contributed by atoms with Crippen molar-refractivity contribution in [2.45, 2.75) is 45.4 Å². The first kappa shape index (κ1) is 14.1. The number of hydrogen-bond donors (Lipinski definition) is 1. The summed E-state index contributed by atoms with van der Waals surface area (Å²) in [6.45, 7) is 2.68. The van der Waals surface area contributed by atoms with Gasteiger partial charge in [-0.25, -0.2) is 4.79 Å². The van der Waals surface area contributed by atoms with E-state index in [1.807, 2.05) is 0 Å². The van der Waals surface area contributed by atoms with Crippen molar-refractivity contribution in [3.63, 3.8) is 0 Å². The van der Waals surface area contributed by atoms with Gasteiger partial charge in [-0.2, -0.15) is 0 Å². The number of nitrogens with two attached hydrogens (primary N) is 1. The van der Waals surface area contributed by atoms with E-state index in [4.69, 9.17) is 5.73 Å². The molecule has 0 saturated heterocycles. The van der Waals surface area contributed by atoms with Crippen molar-refractivity contribution in [2.24, 2.45) is 5.73 Å². The van der Waals surface area contributed by atoms with E-state index >= 15 is 0 Å². The van der Waals surface area contributed by atoms with Gasteiger partial charge in [0.25, 0.3) is 0 Å². The zero-order valence-electron chi connectivity index (χ0n) is 9.46. The SMILES string of the molecule is CCOC(=O)C(=O)CCCCCCCN. The molecule has 2 N–H and O–H groups in total. The minimum atomic E-state index is -0.695. The van der Waals surface area contributed by atoms with Crippen LogP contribution in [0.4, 0.5) is 0 Å². The average Bonchev–Trinajstić information content (AvgIpc) is 2.23. The summed E-state index contributed by atoms with van der Waals surface area (Å²) >= 11 is 0. The zero-order valence-corrected chi connectivity index (χ0v) is 9.46. The Balaban J connectivity index is 3.35. The summed E-state index contributed by atoms with van der Waals surface area (Å²) in [6.07, 6.45) is 5.26. The van der Waals surface area contributed by atoms with Gasteiger partial charge in [-0.3, -0.25) is 4.79 Å². The van der Waals surface area contributed by atoms with E-state index in [1.54, 1.807) is 6.92 Å². The van der Waals surface area contributed by atoms with Gasteiger partial charge in [0.15, 0.2) is 0 Å². The summed E-state index contributed by atoms with van der Waals surface area (Å²) in [4.78, 5) is 22.0. The van der Waals surface area contributed by atoms with Gasteiger partial charge >= 0.3 is 5.97 Å². The largest absolute Gasteiger partial charge is 0.460 e. The quantitative estimate of drug-likeness (QED) is 0.359. The molecule has 0 bridgehead atoms. The first-order valence-electron chi connectivity index (χ1n) is 5.62. The Morgan fingerprint density at radius 1 is 1.07 bits per heavy atom. The second-order valence-electron chi connectivity index (χ2n) is 3.45. The molecule has 0 aliphatic heterocycles. The van der Waals surface area contributed by atoms with Gasteiger partial charge in [-0.15, -0.1) is 0 Å². The zero-order chi connectivity index (χ0) is 11.5. The Hall–Kier alpha value is -0.900. The Labute approximate surface area is 91.2 Å². The minimum absolute atomic E-state index is 0.265. The molecular formula is C11H21NO3. The first-order valence-corrected chi connectivity index (χ1v) is 5.62.